The largest absolute Gasteiger partial charge is 0.328 e. The van der Waals surface area contributed by atoms with Crippen LogP contribution < -0.4 is 16.7 Å². The second kappa shape index (κ2) is 3.87. The van der Waals surface area contributed by atoms with Gasteiger partial charge in [0.25, 0.3) is 11.5 Å². The van der Waals surface area contributed by atoms with Crippen LogP contribution in [0.15, 0.2) is 27.8 Å². The summed E-state index contributed by atoms with van der Waals surface area (Å²) in [7, 11) is 1.36. The molecule has 1 amide bonds. The number of hydroxylamine groups is 1. The summed E-state index contributed by atoms with van der Waals surface area (Å²) in [5.41, 5.74) is 0.854. The average Bonchev–Trinajstić information content (AvgIpc) is 2.34. The normalized spacial score (nSPS) is 10.5. The highest BCUT2D eigenvalue weighted by molar-refractivity contribution is 5.96. The zero-order chi connectivity index (χ0) is 12.6. The van der Waals surface area contributed by atoms with Crippen molar-refractivity contribution in [2.45, 2.75) is 0 Å². The molecule has 1 heterocycles. The molecular formula is C10H9N3O4. The third kappa shape index (κ3) is 1.72. The Morgan fingerprint density at radius 2 is 2.12 bits per heavy atom. The number of nitrogens with zero attached hydrogens (tertiary/aromatic N) is 1. The number of benzene rings is 1. The number of carbonyl (C=O) groups is 1. The third-order valence-corrected chi connectivity index (χ3v) is 2.46. The first-order valence-electron chi connectivity index (χ1n) is 4.72. The van der Waals surface area contributed by atoms with Crippen LogP contribution in [0.4, 0.5) is 0 Å². The van der Waals surface area contributed by atoms with E-state index in [1.54, 1.807) is 0 Å². The lowest BCUT2D eigenvalue weighted by Crippen LogP contribution is -2.32. The third-order valence-electron chi connectivity index (χ3n) is 2.46. The molecule has 0 bridgehead atoms. The van der Waals surface area contributed by atoms with E-state index in [-0.39, 0.29) is 11.1 Å². The van der Waals surface area contributed by atoms with E-state index < -0.39 is 17.2 Å². The molecule has 7 heteroatoms. The van der Waals surface area contributed by atoms with E-state index in [1.165, 1.54) is 30.7 Å². The Morgan fingerprint density at radius 1 is 1.41 bits per heavy atom. The van der Waals surface area contributed by atoms with Crippen LogP contribution in [0.25, 0.3) is 10.9 Å². The first-order chi connectivity index (χ1) is 8.04. The number of H-pyrrole nitrogens is 1. The van der Waals surface area contributed by atoms with Gasteiger partial charge in [-0.1, -0.05) is 0 Å². The van der Waals surface area contributed by atoms with Gasteiger partial charge in [0.05, 0.1) is 10.9 Å². The Hall–Kier alpha value is -2.41. The molecule has 0 unspecified atom stereocenters. The Bertz CT molecular complexity index is 714. The standard InChI is InChI=1S/C10H9N3O4/c1-13-9(15)6-3-2-5(8(14)12-17)4-7(6)11-10(13)16/h2-4,17H,1H3,(H,11,16)(H,12,14). The summed E-state index contributed by atoms with van der Waals surface area (Å²) in [6.07, 6.45) is 0. The second-order valence-corrected chi connectivity index (χ2v) is 3.50. The summed E-state index contributed by atoms with van der Waals surface area (Å²) in [5.74, 6) is -0.714. The number of aromatic amines is 1. The second-order valence-electron chi connectivity index (χ2n) is 3.50. The average molecular weight is 235 g/mol. The highest BCUT2D eigenvalue weighted by atomic mass is 16.5. The lowest BCUT2D eigenvalue weighted by atomic mass is 10.1. The number of aromatic nitrogens is 2. The van der Waals surface area contributed by atoms with Crippen molar-refractivity contribution in [3.8, 4) is 0 Å². The minimum atomic E-state index is -0.714. The van der Waals surface area contributed by atoms with E-state index in [9.17, 15) is 14.4 Å². The van der Waals surface area contributed by atoms with E-state index in [2.05, 4.69) is 4.98 Å². The van der Waals surface area contributed by atoms with Gasteiger partial charge in [0.1, 0.15) is 0 Å². The van der Waals surface area contributed by atoms with Crippen LogP contribution in [0.3, 0.4) is 0 Å². The number of hydrogen-bond donors (Lipinski definition) is 3. The fourth-order valence-electron chi connectivity index (χ4n) is 1.51. The molecular weight excluding hydrogens is 226 g/mol. The molecule has 0 saturated carbocycles. The molecule has 17 heavy (non-hydrogen) atoms. The molecule has 0 atom stereocenters. The maximum absolute atomic E-state index is 11.7. The van der Waals surface area contributed by atoms with Gasteiger partial charge in [-0.3, -0.25) is 19.4 Å². The monoisotopic (exact) mass is 235 g/mol. The number of hydrogen-bond acceptors (Lipinski definition) is 4. The molecule has 0 aliphatic carbocycles. The molecule has 3 N–H and O–H groups in total. The van der Waals surface area contributed by atoms with Crippen LogP contribution in [-0.2, 0) is 7.05 Å². The van der Waals surface area contributed by atoms with Crippen LogP contribution in [0.1, 0.15) is 10.4 Å². The van der Waals surface area contributed by atoms with Gasteiger partial charge < -0.3 is 4.98 Å². The fourth-order valence-corrected chi connectivity index (χ4v) is 1.51. The molecule has 7 nitrogen and oxygen atoms in total. The topological polar surface area (TPSA) is 104 Å². The maximum Gasteiger partial charge on any atom is 0.328 e. The molecule has 2 rings (SSSR count). The molecule has 0 aliphatic rings. The van der Waals surface area contributed by atoms with Crippen molar-refractivity contribution in [1.82, 2.24) is 15.0 Å². The zero-order valence-corrected chi connectivity index (χ0v) is 8.85. The first-order valence-corrected chi connectivity index (χ1v) is 4.72. The summed E-state index contributed by atoms with van der Waals surface area (Å²) in [5, 5.41) is 8.77. The Balaban J connectivity index is 2.80. The predicted molar refractivity (Wildman–Crippen MR) is 59.1 cm³/mol. The molecule has 0 fully saturated rings. The summed E-state index contributed by atoms with van der Waals surface area (Å²) in [4.78, 5) is 36.7. The summed E-state index contributed by atoms with van der Waals surface area (Å²) in [6.45, 7) is 0. The molecule has 88 valence electrons. The van der Waals surface area contributed by atoms with Crippen molar-refractivity contribution < 1.29 is 10.0 Å². The highest BCUT2D eigenvalue weighted by Crippen LogP contribution is 2.08. The molecule has 0 radical (unpaired) electrons. The molecule has 1 aromatic heterocycles. The highest BCUT2D eigenvalue weighted by Gasteiger charge is 2.08. The van der Waals surface area contributed by atoms with E-state index in [4.69, 9.17) is 5.21 Å². The number of carbonyl (C=O) groups excluding carboxylic acids is 1. The summed E-state index contributed by atoms with van der Waals surface area (Å²) < 4.78 is 0.939. The van der Waals surface area contributed by atoms with Crippen LogP contribution in [0.2, 0.25) is 0 Å². The van der Waals surface area contributed by atoms with Gasteiger partial charge in [0.2, 0.25) is 0 Å². The number of rotatable bonds is 1. The van der Waals surface area contributed by atoms with E-state index >= 15 is 0 Å². The quantitative estimate of drug-likeness (QED) is 0.451. The minimum Gasteiger partial charge on any atom is -0.307 e. The zero-order valence-electron chi connectivity index (χ0n) is 8.85. The van der Waals surface area contributed by atoms with Crippen molar-refractivity contribution in [2.24, 2.45) is 7.05 Å². The van der Waals surface area contributed by atoms with Crippen molar-refractivity contribution in [3.05, 3.63) is 44.6 Å². The summed E-state index contributed by atoms with van der Waals surface area (Å²) in [6, 6.07) is 4.12. The van der Waals surface area contributed by atoms with Crippen LogP contribution in [0, 0.1) is 0 Å². The molecule has 0 aliphatic heterocycles. The molecule has 1 aromatic carbocycles. The van der Waals surface area contributed by atoms with Gasteiger partial charge in [-0.2, -0.15) is 0 Å². The number of amides is 1. The van der Waals surface area contributed by atoms with Gasteiger partial charge in [-0.05, 0) is 18.2 Å². The van der Waals surface area contributed by atoms with Gasteiger partial charge in [0, 0.05) is 12.6 Å². The SMILES string of the molecule is Cn1c(=O)[nH]c2cc(C(=O)NO)ccc2c1=O. The van der Waals surface area contributed by atoms with Gasteiger partial charge in [-0.15, -0.1) is 0 Å². The Kier molecular flexibility index (Phi) is 2.52. The van der Waals surface area contributed by atoms with Crippen LogP contribution in [0.5, 0.6) is 0 Å². The number of nitrogens with one attached hydrogen (secondary N) is 2. The lowest BCUT2D eigenvalue weighted by Gasteiger charge is -2.03. The molecule has 2 aromatic rings. The van der Waals surface area contributed by atoms with Gasteiger partial charge >= 0.3 is 5.69 Å². The van der Waals surface area contributed by atoms with E-state index in [0.717, 1.165) is 4.57 Å². The van der Waals surface area contributed by atoms with E-state index in [1.807, 2.05) is 0 Å². The van der Waals surface area contributed by atoms with Gasteiger partial charge in [-0.25, -0.2) is 10.3 Å². The Morgan fingerprint density at radius 3 is 2.76 bits per heavy atom. The van der Waals surface area contributed by atoms with E-state index in [0.29, 0.717) is 5.39 Å². The Labute approximate surface area is 94.3 Å². The fraction of sp³-hybridized carbons (Fsp3) is 0.100. The van der Waals surface area contributed by atoms with Crippen molar-refractivity contribution in [1.29, 1.82) is 0 Å². The summed E-state index contributed by atoms with van der Waals surface area (Å²) >= 11 is 0. The van der Waals surface area contributed by atoms with Crippen molar-refractivity contribution >= 4 is 16.8 Å². The van der Waals surface area contributed by atoms with Gasteiger partial charge in [0.15, 0.2) is 0 Å². The minimum absolute atomic E-state index is 0.143. The predicted octanol–water partition coefficient (Wildman–Crippen LogP) is -0.654. The molecule has 0 spiro atoms. The lowest BCUT2D eigenvalue weighted by molar-refractivity contribution is 0.0706. The van der Waals surface area contributed by atoms with Crippen LogP contribution >= 0.6 is 0 Å². The maximum atomic E-state index is 11.7. The smallest absolute Gasteiger partial charge is 0.307 e. The number of fused-ring (bicyclic) bond motifs is 1. The van der Waals surface area contributed by atoms with Crippen molar-refractivity contribution in [2.75, 3.05) is 0 Å². The van der Waals surface area contributed by atoms with Crippen LogP contribution in [-0.4, -0.2) is 20.7 Å². The molecule has 0 saturated heterocycles. The van der Waals surface area contributed by atoms with Crippen molar-refractivity contribution in [3.63, 3.8) is 0 Å². The first kappa shape index (κ1) is 11.1.